The van der Waals surface area contributed by atoms with Gasteiger partial charge in [-0.3, -0.25) is 33.3 Å². The topological polar surface area (TPSA) is 353 Å². The van der Waals surface area contributed by atoms with Crippen LogP contribution in [0.1, 0.15) is 491 Å². The van der Waals surface area contributed by atoms with E-state index in [1.165, 1.54) is 148 Å². The zero-order valence-electron chi connectivity index (χ0n) is 78.5. The van der Waals surface area contributed by atoms with Gasteiger partial charge in [0.15, 0.2) is 24.4 Å². The number of ether oxygens (including phenoxy) is 7. The van der Waals surface area contributed by atoms with Crippen LogP contribution in [0.15, 0.2) is 0 Å². The van der Waals surface area contributed by atoms with E-state index in [0.717, 1.165) is 199 Å². The highest BCUT2D eigenvalue weighted by Gasteiger charge is 2.56. The minimum absolute atomic E-state index is 0.0377. The molecule has 0 aromatic carbocycles. The van der Waals surface area contributed by atoms with Crippen molar-refractivity contribution in [1.29, 1.82) is 0 Å². The van der Waals surface area contributed by atoms with Crippen LogP contribution in [0.25, 0.3) is 0 Å². The molecule has 2 saturated heterocycles. The lowest BCUT2D eigenvalue weighted by Crippen LogP contribution is -2.68. The summed E-state index contributed by atoms with van der Waals surface area (Å²) < 4.78 is 60.9. The molecule has 0 unspecified atom stereocenters. The summed E-state index contributed by atoms with van der Waals surface area (Å²) in [4.78, 5) is 135. The summed E-state index contributed by atoms with van der Waals surface area (Å²) in [5, 5.41) is 40.1. The van der Waals surface area contributed by atoms with E-state index in [9.17, 15) is 63.2 Å². The second-order valence-electron chi connectivity index (χ2n) is 36.0. The number of aliphatic carboxylic acids is 1. The first-order valence-corrected chi connectivity index (χ1v) is 52.3. The first-order valence-electron chi connectivity index (χ1n) is 50.8. The van der Waals surface area contributed by atoms with Crippen LogP contribution >= 0.6 is 7.82 Å². The van der Waals surface area contributed by atoms with Gasteiger partial charge in [0.25, 0.3) is 0 Å². The van der Waals surface area contributed by atoms with E-state index in [2.05, 4.69) is 52.2 Å². The third kappa shape index (κ3) is 60.3. The molecule has 0 spiro atoms. The van der Waals surface area contributed by atoms with E-state index in [0.29, 0.717) is 57.8 Å². The van der Waals surface area contributed by atoms with Gasteiger partial charge < -0.3 is 68.9 Å². The summed E-state index contributed by atoms with van der Waals surface area (Å²) in [5.41, 5.74) is 0. The molecular formula is C98H181N2O22P. The van der Waals surface area contributed by atoms with Gasteiger partial charge in [-0.1, -0.05) is 401 Å². The van der Waals surface area contributed by atoms with Gasteiger partial charge in [0.2, 0.25) is 11.8 Å². The molecule has 123 heavy (non-hydrogen) atoms. The SMILES string of the molecule is CCCCCCCCCCCCCC(=O)N[C@@H]1[C@@H](OC(=O)C[C@@H](CCCCCCCCCCC)OC(=O)CCCCCCCCCCCCC)[C@H](O)[C@@H](COC(=O)[C@@H]2O[C@H](CO)[C@@H](OP(=O)(O)O)[C@H](OC(=O)C[C@@H](CCCCCCCCCCC)OC(=O)CCCCCCCCCCCCC)[C@H]2NC(=O)CCCCCCCCCCCCC)O[C@@H]1C(=O)O. The maximum Gasteiger partial charge on any atom is 0.470 e. The minimum Gasteiger partial charge on any atom is -0.479 e. The van der Waals surface area contributed by atoms with Crippen molar-refractivity contribution in [3.8, 4) is 0 Å². The third-order valence-corrected chi connectivity index (χ3v) is 25.1. The van der Waals surface area contributed by atoms with Crippen LogP contribution in [0.4, 0.5) is 0 Å². The van der Waals surface area contributed by atoms with Gasteiger partial charge in [0.05, 0.1) is 19.4 Å². The molecule has 0 saturated carbocycles. The number of phosphoric acid groups is 1. The summed E-state index contributed by atoms with van der Waals surface area (Å²) in [6, 6.07) is -3.61. The van der Waals surface area contributed by atoms with E-state index in [1.54, 1.807) is 0 Å². The number of phosphoric ester groups is 1. The van der Waals surface area contributed by atoms with Crippen LogP contribution in [0.5, 0.6) is 0 Å². The Bertz CT molecular complexity index is 2690. The Labute approximate surface area is 745 Å². The van der Waals surface area contributed by atoms with Crippen molar-refractivity contribution in [2.45, 2.75) is 564 Å². The Morgan fingerprint density at radius 1 is 0.341 bits per heavy atom. The lowest BCUT2D eigenvalue weighted by atomic mass is 9.91. The highest BCUT2D eigenvalue weighted by atomic mass is 31.2. The summed E-state index contributed by atoms with van der Waals surface area (Å²) in [5.74, 6) is -7.35. The molecule has 7 N–H and O–H groups in total. The number of nitrogens with one attached hydrogen (secondary N) is 2. The van der Waals surface area contributed by atoms with E-state index in [1.807, 2.05) is 0 Å². The Morgan fingerprint density at radius 3 is 0.902 bits per heavy atom. The number of aliphatic hydroxyl groups is 2. The quantitative estimate of drug-likeness (QED) is 0.0129. The highest BCUT2D eigenvalue weighted by molar-refractivity contribution is 7.46. The molecule has 2 fully saturated rings. The molecule has 0 bridgehead atoms. The molecule has 12 atom stereocenters. The number of amides is 2. The molecule has 0 aromatic heterocycles. The normalized spacial score (nSPS) is 19.6. The molecular weight excluding hydrogens is 1590 g/mol. The van der Waals surface area contributed by atoms with Crippen LogP contribution in [0.2, 0.25) is 0 Å². The Kier molecular flexibility index (Phi) is 72.4. The fourth-order valence-corrected chi connectivity index (χ4v) is 17.6. The van der Waals surface area contributed by atoms with Crippen molar-refractivity contribution in [2.75, 3.05) is 13.2 Å². The van der Waals surface area contributed by atoms with Crippen molar-refractivity contribution in [2.24, 2.45) is 0 Å². The van der Waals surface area contributed by atoms with Gasteiger partial charge in [0.1, 0.15) is 55.3 Å². The first kappa shape index (κ1) is 115. The zero-order valence-corrected chi connectivity index (χ0v) is 79.4. The van der Waals surface area contributed by atoms with Gasteiger partial charge in [0, 0.05) is 25.7 Å². The van der Waals surface area contributed by atoms with Gasteiger partial charge >= 0.3 is 43.6 Å². The lowest BCUT2D eigenvalue weighted by molar-refractivity contribution is -0.229. The Balaban J connectivity index is 2.68. The molecule has 2 aliphatic heterocycles. The Morgan fingerprint density at radius 2 is 0.610 bits per heavy atom. The van der Waals surface area contributed by atoms with Gasteiger partial charge in [-0.15, -0.1) is 0 Å². The van der Waals surface area contributed by atoms with Crippen LogP contribution in [0, 0.1) is 0 Å². The molecule has 2 amide bonds. The van der Waals surface area contributed by atoms with Crippen molar-refractivity contribution in [3.05, 3.63) is 0 Å². The van der Waals surface area contributed by atoms with E-state index in [4.69, 9.17) is 37.7 Å². The second kappa shape index (κ2) is 77.6. The number of hydrogen-bond donors (Lipinski definition) is 7. The molecule has 720 valence electrons. The third-order valence-electron chi connectivity index (χ3n) is 24.5. The fourth-order valence-electron chi connectivity index (χ4n) is 17.0. The van der Waals surface area contributed by atoms with Crippen LogP contribution in [0.3, 0.4) is 0 Å². The van der Waals surface area contributed by atoms with E-state index < -0.39 is 155 Å². The monoisotopic (exact) mass is 1770 g/mol. The average molecular weight is 1770 g/mol. The molecule has 0 aliphatic carbocycles. The number of carboxylic acids is 1. The van der Waals surface area contributed by atoms with Gasteiger partial charge in [-0.05, 0) is 51.4 Å². The summed E-state index contributed by atoms with van der Waals surface area (Å²) in [6.07, 6.45) is 45.7. The predicted octanol–water partition coefficient (Wildman–Crippen LogP) is 23.0. The fraction of sp³-hybridized carbons (Fsp3) is 0.918. The van der Waals surface area contributed by atoms with Crippen LogP contribution in [-0.2, 0) is 80.6 Å². The number of rotatable bonds is 85. The number of hydrogen-bond acceptors (Lipinski definition) is 19. The average Bonchev–Trinajstić information content (AvgIpc) is 0.772. The number of esters is 5. The maximum atomic E-state index is 15.2. The van der Waals surface area contributed by atoms with Crippen molar-refractivity contribution < 1.29 is 106 Å². The lowest BCUT2D eigenvalue weighted by Gasteiger charge is -2.45. The standard InChI is InChI=1S/C98H181N2O22P/c1-7-13-19-25-31-37-41-47-53-59-65-71-83(102)99-89-93(120-87(106)75-79(69-63-57-51-45-35-29-23-17-11-5)116-85(104)73-67-61-55-49-43-39-33-27-21-15-9-3)91(108)82(119-95(89)97(109)110)78-115-98(111)96-90(100-84(103)72-66-60-54-48-42-38-32-26-20-14-8-2)94(92(81(77-101)118-96)122-123(112,113)114)121-88(107)76-80(70-64-58-52-46-36-30-24-18-12-6)117-86(105)74-68-62-56-50-44-40-34-28-22-16-10-4/h79-82,89-96,101,108H,7-78H2,1-6H3,(H,99,102)(H,100,103)(H,109,110)(H2,112,113,114)/t79-,80-,81-,82-,89-,90-,91-,92-,93-,94-,95+,96-/m1/s1. The molecule has 0 radical (unpaired) electrons. The largest absolute Gasteiger partial charge is 0.479 e. The number of unbranched alkanes of at least 4 members (excludes halogenated alkanes) is 56. The van der Waals surface area contributed by atoms with Crippen LogP contribution < -0.4 is 10.6 Å². The maximum absolute atomic E-state index is 15.2. The molecule has 25 heteroatoms. The summed E-state index contributed by atoms with van der Waals surface area (Å²) in [7, 11) is -5.61. The van der Waals surface area contributed by atoms with Gasteiger partial charge in [-0.25, -0.2) is 14.2 Å². The molecule has 0 aromatic rings. The Hall–Kier alpha value is -4.29. The number of aliphatic hydroxyl groups excluding tert-OH is 2. The second-order valence-corrected chi connectivity index (χ2v) is 37.2. The summed E-state index contributed by atoms with van der Waals surface area (Å²) >= 11 is 0. The van der Waals surface area contributed by atoms with Crippen molar-refractivity contribution in [3.63, 3.8) is 0 Å². The van der Waals surface area contributed by atoms with E-state index >= 15 is 4.79 Å². The molecule has 2 heterocycles. The molecule has 2 rings (SSSR count). The smallest absolute Gasteiger partial charge is 0.470 e. The first-order chi connectivity index (χ1) is 59.7. The summed E-state index contributed by atoms with van der Waals surface area (Å²) in [6.45, 7) is 11.0. The zero-order chi connectivity index (χ0) is 90.0. The number of carbonyl (C=O) groups excluding carboxylic acids is 7. The highest BCUT2D eigenvalue weighted by Crippen LogP contribution is 2.43. The van der Waals surface area contributed by atoms with Gasteiger partial charge in [-0.2, -0.15) is 0 Å². The van der Waals surface area contributed by atoms with Crippen LogP contribution in [-0.4, -0.2) is 159 Å². The minimum atomic E-state index is -5.61. The molecule has 24 nitrogen and oxygen atoms in total. The number of carbonyl (C=O) groups is 8. The predicted molar refractivity (Wildman–Crippen MR) is 487 cm³/mol. The van der Waals surface area contributed by atoms with Crippen molar-refractivity contribution in [1.82, 2.24) is 10.6 Å². The molecule has 2 aliphatic rings. The number of carboxylic acid groups (broad SMARTS) is 1. The van der Waals surface area contributed by atoms with E-state index in [-0.39, 0.29) is 32.1 Å². The van der Waals surface area contributed by atoms with Crippen molar-refractivity contribution >= 4 is 55.5 Å².